The third kappa shape index (κ3) is 5.79. The molecule has 1 unspecified atom stereocenters. The van der Waals surface area contributed by atoms with Crippen LogP contribution in [0.5, 0.6) is 5.75 Å². The van der Waals surface area contributed by atoms with Gasteiger partial charge in [-0.05, 0) is 31.2 Å². The predicted octanol–water partition coefficient (Wildman–Crippen LogP) is 4.01. The van der Waals surface area contributed by atoms with E-state index >= 15 is 0 Å². The first-order chi connectivity index (χ1) is 13.8. The number of rotatable bonds is 7. The summed E-state index contributed by atoms with van der Waals surface area (Å²) >= 11 is 5.95. The third-order valence-corrected chi connectivity index (χ3v) is 5.66. The molecule has 1 amide bonds. The number of hydrogen-bond acceptors (Lipinski definition) is 4. The molecule has 0 bridgehead atoms. The molecule has 0 radical (unpaired) electrons. The van der Waals surface area contributed by atoms with E-state index < -0.39 is 45.9 Å². The summed E-state index contributed by atoms with van der Waals surface area (Å²) in [6.45, 7) is 0.914. The van der Waals surface area contributed by atoms with Crippen LogP contribution < -0.4 is 14.4 Å². The molecule has 0 aliphatic carbocycles. The molecular formula is C19H20ClF3N2O4S. The molecule has 0 aromatic heterocycles. The molecule has 0 aliphatic rings. The summed E-state index contributed by atoms with van der Waals surface area (Å²) in [5.74, 6) is -0.210. The topological polar surface area (TPSA) is 75.7 Å². The van der Waals surface area contributed by atoms with Gasteiger partial charge < -0.3 is 10.1 Å². The van der Waals surface area contributed by atoms with E-state index in [1.54, 1.807) is 31.2 Å². The molecule has 30 heavy (non-hydrogen) atoms. The lowest BCUT2D eigenvalue weighted by Gasteiger charge is -2.25. The van der Waals surface area contributed by atoms with Crippen molar-refractivity contribution in [1.82, 2.24) is 5.32 Å². The molecule has 0 saturated carbocycles. The second-order valence-electron chi connectivity index (χ2n) is 6.46. The Labute approximate surface area is 177 Å². The van der Waals surface area contributed by atoms with Crippen LogP contribution in [-0.2, 0) is 21.0 Å². The Bertz CT molecular complexity index is 1030. The van der Waals surface area contributed by atoms with Crippen LogP contribution in [0.15, 0.2) is 42.5 Å². The van der Waals surface area contributed by atoms with E-state index in [1.165, 1.54) is 7.11 Å². The molecule has 11 heteroatoms. The van der Waals surface area contributed by atoms with Gasteiger partial charge in [0.15, 0.2) is 0 Å². The Balaban J connectivity index is 2.31. The molecule has 1 N–H and O–H groups in total. The predicted molar refractivity (Wildman–Crippen MR) is 108 cm³/mol. The first-order valence-corrected chi connectivity index (χ1v) is 10.8. The largest absolute Gasteiger partial charge is 0.496 e. The highest BCUT2D eigenvalue weighted by Crippen LogP contribution is 2.36. The number of carbonyl (C=O) groups is 1. The number of alkyl halides is 3. The average Bonchev–Trinajstić information content (AvgIpc) is 2.64. The number of ether oxygens (including phenoxy) is 1. The van der Waals surface area contributed by atoms with Crippen molar-refractivity contribution < 1.29 is 31.1 Å². The number of carbonyl (C=O) groups excluding carboxylic acids is 1. The van der Waals surface area contributed by atoms with Gasteiger partial charge in [0.2, 0.25) is 15.9 Å². The van der Waals surface area contributed by atoms with Gasteiger partial charge in [-0.15, -0.1) is 0 Å². The summed E-state index contributed by atoms with van der Waals surface area (Å²) in [5, 5.41) is 2.38. The molecule has 0 heterocycles. The van der Waals surface area contributed by atoms with E-state index in [-0.39, 0.29) is 5.02 Å². The number of methoxy groups -OCH3 is 1. The summed E-state index contributed by atoms with van der Waals surface area (Å²) < 4.78 is 69.4. The summed E-state index contributed by atoms with van der Waals surface area (Å²) in [5.41, 5.74) is -0.871. The fourth-order valence-corrected chi connectivity index (χ4v) is 3.91. The van der Waals surface area contributed by atoms with Crippen molar-refractivity contribution in [3.8, 4) is 5.75 Å². The standard InChI is InChI=1S/C19H20ClF3N2O4S/c1-12(14-6-4-5-7-17(14)29-2)24-18(26)11-25(30(3,27)28)16-10-13(19(21,22)23)8-9-15(16)20/h4-10,12H,11H2,1-3H3,(H,24,26). The Morgan fingerprint density at radius 1 is 1.23 bits per heavy atom. The quantitative estimate of drug-likeness (QED) is 0.671. The Hall–Kier alpha value is -2.46. The van der Waals surface area contributed by atoms with Crippen molar-refractivity contribution in [2.45, 2.75) is 19.1 Å². The third-order valence-electron chi connectivity index (χ3n) is 4.21. The molecule has 0 spiro atoms. The number of halogens is 4. The van der Waals surface area contributed by atoms with Gasteiger partial charge >= 0.3 is 6.18 Å². The summed E-state index contributed by atoms with van der Waals surface area (Å²) in [7, 11) is -2.65. The minimum atomic E-state index is -4.71. The SMILES string of the molecule is COc1ccccc1C(C)NC(=O)CN(c1cc(C(F)(F)F)ccc1Cl)S(C)(=O)=O. The molecule has 6 nitrogen and oxygen atoms in total. The lowest BCUT2D eigenvalue weighted by molar-refractivity contribution is -0.137. The zero-order valence-corrected chi connectivity index (χ0v) is 17.9. The van der Waals surface area contributed by atoms with Gasteiger partial charge in [-0.2, -0.15) is 13.2 Å². The number of amides is 1. The van der Waals surface area contributed by atoms with Crippen molar-refractivity contribution in [3.05, 3.63) is 58.6 Å². The lowest BCUT2D eigenvalue weighted by atomic mass is 10.1. The van der Waals surface area contributed by atoms with E-state index in [2.05, 4.69) is 5.32 Å². The number of hydrogen-bond donors (Lipinski definition) is 1. The monoisotopic (exact) mass is 464 g/mol. The molecule has 2 aromatic carbocycles. The van der Waals surface area contributed by atoms with Crippen molar-refractivity contribution in [2.75, 3.05) is 24.2 Å². The Morgan fingerprint density at radius 2 is 1.87 bits per heavy atom. The molecule has 164 valence electrons. The van der Waals surface area contributed by atoms with Crippen molar-refractivity contribution >= 4 is 33.2 Å². The van der Waals surface area contributed by atoms with Crippen molar-refractivity contribution in [1.29, 1.82) is 0 Å². The van der Waals surface area contributed by atoms with Gasteiger partial charge in [0.05, 0.1) is 35.7 Å². The van der Waals surface area contributed by atoms with E-state index in [4.69, 9.17) is 16.3 Å². The van der Waals surface area contributed by atoms with E-state index in [1.807, 2.05) is 0 Å². The van der Waals surface area contributed by atoms with Crippen LogP contribution in [0.1, 0.15) is 24.1 Å². The minimum Gasteiger partial charge on any atom is -0.496 e. The number of anilines is 1. The molecule has 0 fully saturated rings. The summed E-state index contributed by atoms with van der Waals surface area (Å²) in [6, 6.07) is 8.63. The molecule has 0 aliphatic heterocycles. The molecule has 2 aromatic rings. The number of para-hydroxylation sites is 1. The van der Waals surface area contributed by atoms with Crippen LogP contribution in [-0.4, -0.2) is 34.2 Å². The minimum absolute atomic E-state index is 0.237. The smallest absolute Gasteiger partial charge is 0.416 e. The summed E-state index contributed by atoms with van der Waals surface area (Å²) in [4.78, 5) is 12.5. The van der Waals surface area contributed by atoms with E-state index in [0.29, 0.717) is 21.7 Å². The maximum atomic E-state index is 13.1. The van der Waals surface area contributed by atoms with Gasteiger partial charge in [0.1, 0.15) is 12.3 Å². The van der Waals surface area contributed by atoms with Gasteiger partial charge in [0, 0.05) is 5.56 Å². The van der Waals surface area contributed by atoms with Crippen LogP contribution in [0.25, 0.3) is 0 Å². The first kappa shape index (κ1) is 23.8. The van der Waals surface area contributed by atoms with Crippen LogP contribution >= 0.6 is 11.6 Å². The lowest BCUT2D eigenvalue weighted by Crippen LogP contribution is -2.41. The van der Waals surface area contributed by atoms with Crippen LogP contribution in [0, 0.1) is 0 Å². The fraction of sp³-hybridized carbons (Fsp3) is 0.316. The number of benzene rings is 2. The van der Waals surface area contributed by atoms with Crippen molar-refractivity contribution in [2.24, 2.45) is 0 Å². The Kier molecular flexibility index (Phi) is 7.25. The highest BCUT2D eigenvalue weighted by atomic mass is 35.5. The maximum Gasteiger partial charge on any atom is 0.416 e. The van der Waals surface area contributed by atoms with Gasteiger partial charge in [-0.25, -0.2) is 8.42 Å². The first-order valence-electron chi connectivity index (χ1n) is 8.61. The molecule has 0 saturated heterocycles. The van der Waals surface area contributed by atoms with Gasteiger partial charge in [-0.3, -0.25) is 9.10 Å². The normalized spacial score (nSPS) is 12.9. The second-order valence-corrected chi connectivity index (χ2v) is 8.78. The molecule has 2 rings (SSSR count). The average molecular weight is 465 g/mol. The second kappa shape index (κ2) is 9.13. The van der Waals surface area contributed by atoms with Crippen LogP contribution in [0.2, 0.25) is 5.02 Å². The summed E-state index contributed by atoms with van der Waals surface area (Å²) in [6.07, 6.45) is -3.93. The molecule has 1 atom stereocenters. The maximum absolute atomic E-state index is 13.1. The molecular weight excluding hydrogens is 445 g/mol. The fourth-order valence-electron chi connectivity index (χ4n) is 2.78. The van der Waals surface area contributed by atoms with Gasteiger partial charge in [-0.1, -0.05) is 29.8 Å². The van der Waals surface area contributed by atoms with E-state index in [0.717, 1.165) is 18.4 Å². The Morgan fingerprint density at radius 3 is 2.43 bits per heavy atom. The highest BCUT2D eigenvalue weighted by molar-refractivity contribution is 7.92. The zero-order chi connectivity index (χ0) is 22.7. The number of sulfonamides is 1. The van der Waals surface area contributed by atoms with E-state index in [9.17, 15) is 26.4 Å². The number of nitrogens with one attached hydrogen (secondary N) is 1. The number of nitrogens with zero attached hydrogens (tertiary/aromatic N) is 1. The van der Waals surface area contributed by atoms with Crippen molar-refractivity contribution in [3.63, 3.8) is 0 Å². The van der Waals surface area contributed by atoms with Crippen LogP contribution in [0.3, 0.4) is 0 Å². The highest BCUT2D eigenvalue weighted by Gasteiger charge is 2.33. The van der Waals surface area contributed by atoms with Gasteiger partial charge in [0.25, 0.3) is 0 Å². The zero-order valence-electron chi connectivity index (χ0n) is 16.3. The van der Waals surface area contributed by atoms with Crippen LogP contribution in [0.4, 0.5) is 18.9 Å².